The van der Waals surface area contributed by atoms with Crippen molar-refractivity contribution in [1.29, 1.82) is 0 Å². The molecule has 0 saturated heterocycles. The summed E-state index contributed by atoms with van der Waals surface area (Å²) < 4.78 is 12.8. The number of rotatable bonds is 5. The Labute approximate surface area is 122 Å². The molecule has 0 unspecified atom stereocenters. The lowest BCUT2D eigenvalue weighted by Gasteiger charge is -2.03. The van der Waals surface area contributed by atoms with Crippen LogP contribution >= 0.6 is 11.3 Å². The maximum absolute atomic E-state index is 12.8. The summed E-state index contributed by atoms with van der Waals surface area (Å²) in [4.78, 5) is 14.0. The van der Waals surface area contributed by atoms with Crippen molar-refractivity contribution in [3.8, 4) is 0 Å². The monoisotopic (exact) mass is 291 g/mol. The number of hydrogen-bond acceptors (Lipinski definition) is 2. The molecule has 0 radical (unpaired) electrons. The van der Waals surface area contributed by atoms with Crippen molar-refractivity contribution >= 4 is 17.2 Å². The molecule has 0 atom stereocenters. The molecule has 4 heteroatoms. The number of amides is 1. The summed E-state index contributed by atoms with van der Waals surface area (Å²) in [7, 11) is 0. The van der Waals surface area contributed by atoms with Crippen molar-refractivity contribution in [2.45, 2.75) is 26.7 Å². The van der Waals surface area contributed by atoms with Crippen LogP contribution in [0.5, 0.6) is 0 Å². The van der Waals surface area contributed by atoms with Gasteiger partial charge in [-0.3, -0.25) is 4.79 Å². The first-order valence-electron chi connectivity index (χ1n) is 6.72. The largest absolute Gasteiger partial charge is 0.351 e. The van der Waals surface area contributed by atoms with Crippen molar-refractivity contribution in [2.24, 2.45) is 0 Å². The molecule has 0 aliphatic heterocycles. The molecule has 106 valence electrons. The number of hydrogen-bond donors (Lipinski definition) is 1. The number of halogens is 1. The quantitative estimate of drug-likeness (QED) is 0.893. The number of benzene rings is 1. The Morgan fingerprint density at radius 1 is 1.30 bits per heavy atom. The van der Waals surface area contributed by atoms with Crippen molar-refractivity contribution in [1.82, 2.24) is 5.32 Å². The van der Waals surface area contributed by atoms with Gasteiger partial charge in [0.25, 0.3) is 5.91 Å². The average molecular weight is 291 g/mol. The van der Waals surface area contributed by atoms with Gasteiger partial charge in [-0.15, -0.1) is 11.3 Å². The molecule has 1 heterocycles. The predicted molar refractivity (Wildman–Crippen MR) is 80.9 cm³/mol. The summed E-state index contributed by atoms with van der Waals surface area (Å²) >= 11 is 1.55. The van der Waals surface area contributed by atoms with Crippen LogP contribution in [0.15, 0.2) is 30.3 Å². The standard InChI is InChI=1S/C16H18FNOS/c1-3-14-11(2)10-15(20-14)16(19)18-9-8-12-4-6-13(17)7-5-12/h4-7,10H,3,8-9H2,1-2H3,(H,18,19). The smallest absolute Gasteiger partial charge is 0.261 e. The Bertz CT molecular complexity index is 589. The first kappa shape index (κ1) is 14.7. The molecule has 0 saturated carbocycles. The molecule has 0 aliphatic rings. The summed E-state index contributed by atoms with van der Waals surface area (Å²) in [6.45, 7) is 4.68. The number of thiophene rings is 1. The van der Waals surface area contributed by atoms with Gasteiger partial charge in [-0.25, -0.2) is 4.39 Å². The third kappa shape index (κ3) is 3.67. The van der Waals surface area contributed by atoms with Gasteiger partial charge in [-0.1, -0.05) is 19.1 Å². The van der Waals surface area contributed by atoms with E-state index >= 15 is 0 Å². The second-order valence-electron chi connectivity index (χ2n) is 4.70. The summed E-state index contributed by atoms with van der Waals surface area (Å²) in [6, 6.07) is 8.30. The SMILES string of the molecule is CCc1sc(C(=O)NCCc2ccc(F)cc2)cc1C. The van der Waals surface area contributed by atoms with E-state index in [1.807, 2.05) is 13.0 Å². The lowest BCUT2D eigenvalue weighted by Crippen LogP contribution is -2.24. The Kier molecular flexibility index (Phi) is 4.90. The number of carbonyl (C=O) groups excluding carboxylic acids is 1. The first-order valence-corrected chi connectivity index (χ1v) is 7.53. The average Bonchev–Trinajstić information content (AvgIpc) is 2.82. The molecule has 20 heavy (non-hydrogen) atoms. The van der Waals surface area contributed by atoms with E-state index in [0.29, 0.717) is 13.0 Å². The molecular weight excluding hydrogens is 273 g/mol. The Morgan fingerprint density at radius 3 is 2.60 bits per heavy atom. The fourth-order valence-corrected chi connectivity index (χ4v) is 3.07. The van der Waals surface area contributed by atoms with Crippen molar-refractivity contribution < 1.29 is 9.18 Å². The van der Waals surface area contributed by atoms with Crippen LogP contribution in [0, 0.1) is 12.7 Å². The summed E-state index contributed by atoms with van der Waals surface area (Å²) in [5.74, 6) is -0.265. The van der Waals surface area contributed by atoms with E-state index in [4.69, 9.17) is 0 Å². The van der Waals surface area contributed by atoms with Gasteiger partial charge in [0, 0.05) is 11.4 Å². The highest BCUT2D eigenvalue weighted by Gasteiger charge is 2.10. The molecule has 0 bridgehead atoms. The maximum Gasteiger partial charge on any atom is 0.261 e. The topological polar surface area (TPSA) is 29.1 Å². The summed E-state index contributed by atoms with van der Waals surface area (Å²) in [5, 5.41) is 2.90. The lowest BCUT2D eigenvalue weighted by molar-refractivity contribution is 0.0958. The van der Waals surface area contributed by atoms with Gasteiger partial charge in [-0.05, 0) is 49.1 Å². The number of aryl methyl sites for hydroxylation is 2. The van der Waals surface area contributed by atoms with Crippen LogP contribution in [0.25, 0.3) is 0 Å². The molecule has 2 aromatic rings. The summed E-state index contributed by atoms with van der Waals surface area (Å²) in [6.07, 6.45) is 1.66. The molecule has 2 nitrogen and oxygen atoms in total. The Hall–Kier alpha value is -1.68. The number of carbonyl (C=O) groups is 1. The minimum atomic E-state index is -0.237. The van der Waals surface area contributed by atoms with E-state index < -0.39 is 0 Å². The maximum atomic E-state index is 12.8. The van der Waals surface area contributed by atoms with Crippen molar-refractivity contribution in [2.75, 3.05) is 6.54 Å². The van der Waals surface area contributed by atoms with Gasteiger partial charge >= 0.3 is 0 Å². The lowest BCUT2D eigenvalue weighted by atomic mass is 10.1. The van der Waals surface area contributed by atoms with Crippen molar-refractivity contribution in [3.05, 3.63) is 57.0 Å². The number of nitrogens with one attached hydrogen (secondary N) is 1. The second-order valence-corrected chi connectivity index (χ2v) is 5.84. The van der Waals surface area contributed by atoms with E-state index in [2.05, 4.69) is 12.2 Å². The van der Waals surface area contributed by atoms with Crippen LogP contribution < -0.4 is 5.32 Å². The van der Waals surface area contributed by atoms with Gasteiger partial charge in [0.15, 0.2) is 0 Å². The third-order valence-corrected chi connectivity index (χ3v) is 4.56. The van der Waals surface area contributed by atoms with Gasteiger partial charge < -0.3 is 5.32 Å². The predicted octanol–water partition coefficient (Wildman–Crippen LogP) is 3.73. The second kappa shape index (κ2) is 6.66. The van der Waals surface area contributed by atoms with Crippen LogP contribution in [-0.4, -0.2) is 12.5 Å². The minimum Gasteiger partial charge on any atom is -0.351 e. The molecule has 2 rings (SSSR count). The Balaban J connectivity index is 1.87. The highest BCUT2D eigenvalue weighted by atomic mass is 32.1. The zero-order valence-electron chi connectivity index (χ0n) is 11.7. The molecule has 0 spiro atoms. The van der Waals surface area contributed by atoms with Gasteiger partial charge in [-0.2, -0.15) is 0 Å². The normalized spacial score (nSPS) is 10.6. The van der Waals surface area contributed by atoms with Crippen LogP contribution in [0.2, 0.25) is 0 Å². The first-order chi connectivity index (χ1) is 9.60. The van der Waals surface area contributed by atoms with E-state index in [9.17, 15) is 9.18 Å². The van der Waals surface area contributed by atoms with E-state index in [-0.39, 0.29) is 11.7 Å². The van der Waals surface area contributed by atoms with Gasteiger partial charge in [0.1, 0.15) is 5.82 Å². The molecule has 0 aliphatic carbocycles. The minimum absolute atomic E-state index is 0.0279. The van der Waals surface area contributed by atoms with Gasteiger partial charge in [0.2, 0.25) is 0 Å². The summed E-state index contributed by atoms with van der Waals surface area (Å²) in [5.41, 5.74) is 2.20. The zero-order valence-corrected chi connectivity index (χ0v) is 12.5. The van der Waals surface area contributed by atoms with Crippen LogP contribution in [0.3, 0.4) is 0 Å². The van der Waals surface area contributed by atoms with E-state index in [1.165, 1.54) is 22.6 Å². The van der Waals surface area contributed by atoms with E-state index in [0.717, 1.165) is 16.9 Å². The molecular formula is C16H18FNOS. The molecule has 1 aromatic heterocycles. The fourth-order valence-electron chi connectivity index (χ4n) is 2.04. The highest BCUT2D eigenvalue weighted by Crippen LogP contribution is 2.22. The fraction of sp³-hybridized carbons (Fsp3) is 0.312. The van der Waals surface area contributed by atoms with Crippen LogP contribution in [0.4, 0.5) is 4.39 Å². The zero-order chi connectivity index (χ0) is 14.5. The molecule has 1 N–H and O–H groups in total. The third-order valence-electron chi connectivity index (χ3n) is 3.18. The van der Waals surface area contributed by atoms with Gasteiger partial charge in [0.05, 0.1) is 4.88 Å². The van der Waals surface area contributed by atoms with E-state index in [1.54, 1.807) is 23.5 Å². The van der Waals surface area contributed by atoms with Crippen LogP contribution in [-0.2, 0) is 12.8 Å². The Morgan fingerprint density at radius 2 is 2.00 bits per heavy atom. The van der Waals surface area contributed by atoms with Crippen molar-refractivity contribution in [3.63, 3.8) is 0 Å². The van der Waals surface area contributed by atoms with Crippen LogP contribution in [0.1, 0.15) is 32.6 Å². The molecule has 1 amide bonds. The molecule has 1 aromatic carbocycles. The molecule has 0 fully saturated rings. The highest BCUT2D eigenvalue weighted by molar-refractivity contribution is 7.14.